The van der Waals surface area contributed by atoms with E-state index >= 15 is 0 Å². The van der Waals surface area contributed by atoms with Gasteiger partial charge in [0.2, 0.25) is 11.7 Å². The largest absolute Gasteiger partial charge is 0.345 e. The van der Waals surface area contributed by atoms with Gasteiger partial charge in [-0.2, -0.15) is 0 Å². The number of benzene rings is 1. The van der Waals surface area contributed by atoms with Gasteiger partial charge in [0.25, 0.3) is 5.91 Å². The molecule has 1 aromatic heterocycles. The fourth-order valence-electron chi connectivity index (χ4n) is 4.78. The molecular weight excluding hydrogens is 484 g/mol. The van der Waals surface area contributed by atoms with Crippen LogP contribution in [0.15, 0.2) is 30.5 Å². The number of para-hydroxylation sites is 2. The molecule has 3 atom stereocenters. The summed E-state index contributed by atoms with van der Waals surface area (Å²) in [6.07, 6.45) is 3.54. The highest BCUT2D eigenvalue weighted by Gasteiger charge is 2.36. The second-order valence-electron chi connectivity index (χ2n) is 11.6. The molecule has 2 N–H and O–H groups in total. The lowest BCUT2D eigenvalue weighted by Crippen LogP contribution is -2.53. The summed E-state index contributed by atoms with van der Waals surface area (Å²) in [5.74, 6) is -3.41. The molecule has 1 aliphatic carbocycles. The van der Waals surface area contributed by atoms with Crippen LogP contribution in [0.1, 0.15) is 83.6 Å². The van der Waals surface area contributed by atoms with Crippen molar-refractivity contribution in [2.24, 2.45) is 17.8 Å². The van der Waals surface area contributed by atoms with Crippen molar-refractivity contribution in [3.05, 3.63) is 36.2 Å². The van der Waals surface area contributed by atoms with Gasteiger partial charge in [0, 0.05) is 30.2 Å². The van der Waals surface area contributed by atoms with Crippen molar-refractivity contribution < 1.29 is 24.0 Å². The van der Waals surface area contributed by atoms with Crippen LogP contribution in [0.4, 0.5) is 0 Å². The first-order valence-corrected chi connectivity index (χ1v) is 13.3. The number of fused-ring (bicyclic) bond motifs is 1. The fourth-order valence-corrected chi connectivity index (χ4v) is 4.78. The molecule has 204 valence electrons. The van der Waals surface area contributed by atoms with Crippen LogP contribution in [-0.2, 0) is 19.2 Å². The zero-order chi connectivity index (χ0) is 28.0. The first-order valence-electron chi connectivity index (χ1n) is 13.3. The Hall–Kier alpha value is -3.49. The Bertz CT molecular complexity index is 1220. The minimum atomic E-state index is -1.15. The fraction of sp³-hybridized carbons (Fsp3) is 0.552. The van der Waals surface area contributed by atoms with Gasteiger partial charge in [0.1, 0.15) is 11.5 Å². The van der Waals surface area contributed by atoms with Crippen molar-refractivity contribution in [1.82, 2.24) is 20.6 Å². The molecule has 2 amide bonds. The number of nitrogens with zero attached hydrogens (tertiary/aromatic N) is 2. The number of hydrogen-bond donors (Lipinski definition) is 2. The number of aromatic nitrogens is 2. The Balaban J connectivity index is 1.79. The van der Waals surface area contributed by atoms with E-state index in [2.05, 4.69) is 20.6 Å². The summed E-state index contributed by atoms with van der Waals surface area (Å²) in [7, 11) is 0. The van der Waals surface area contributed by atoms with Gasteiger partial charge in [-0.25, -0.2) is 4.98 Å². The van der Waals surface area contributed by atoms with Crippen molar-refractivity contribution in [2.45, 2.75) is 84.7 Å². The van der Waals surface area contributed by atoms with E-state index in [1.54, 1.807) is 32.9 Å². The van der Waals surface area contributed by atoms with E-state index in [0.29, 0.717) is 30.3 Å². The van der Waals surface area contributed by atoms with Gasteiger partial charge in [0.05, 0.1) is 23.3 Å². The Morgan fingerprint density at radius 2 is 1.76 bits per heavy atom. The van der Waals surface area contributed by atoms with Gasteiger partial charge in [-0.05, 0) is 64.5 Å². The van der Waals surface area contributed by atoms with Crippen molar-refractivity contribution in [3.8, 4) is 0 Å². The van der Waals surface area contributed by atoms with E-state index in [-0.39, 0.29) is 41.9 Å². The number of ketones is 3. The number of carbonyl (C=O) groups excluding carboxylic acids is 5. The topological polar surface area (TPSA) is 135 Å². The van der Waals surface area contributed by atoms with Crippen molar-refractivity contribution in [1.29, 1.82) is 0 Å². The molecule has 0 unspecified atom stereocenters. The van der Waals surface area contributed by atoms with Crippen LogP contribution >= 0.6 is 0 Å². The summed E-state index contributed by atoms with van der Waals surface area (Å²) >= 11 is 0. The number of carbonyl (C=O) groups is 5. The summed E-state index contributed by atoms with van der Waals surface area (Å²) in [5, 5.41) is 5.38. The molecule has 1 fully saturated rings. The Labute approximate surface area is 223 Å². The van der Waals surface area contributed by atoms with Gasteiger partial charge in [0.15, 0.2) is 5.78 Å². The lowest BCUT2D eigenvalue weighted by Gasteiger charge is -2.26. The molecule has 0 bridgehead atoms. The Morgan fingerprint density at radius 3 is 2.37 bits per heavy atom. The van der Waals surface area contributed by atoms with E-state index in [1.165, 1.54) is 6.20 Å². The molecule has 1 aliphatic rings. The molecule has 0 saturated heterocycles. The van der Waals surface area contributed by atoms with Crippen molar-refractivity contribution in [3.63, 3.8) is 0 Å². The lowest BCUT2D eigenvalue weighted by atomic mass is 9.89. The van der Waals surface area contributed by atoms with E-state index < -0.39 is 35.1 Å². The first kappa shape index (κ1) is 29.1. The maximum Gasteiger partial charge on any atom is 0.290 e. The maximum absolute atomic E-state index is 13.5. The van der Waals surface area contributed by atoms with Gasteiger partial charge in [-0.15, -0.1) is 0 Å². The molecule has 0 aliphatic heterocycles. The highest BCUT2D eigenvalue weighted by atomic mass is 16.2. The molecule has 9 heteroatoms. The lowest BCUT2D eigenvalue weighted by molar-refractivity contribution is -0.141. The number of amides is 2. The van der Waals surface area contributed by atoms with E-state index in [0.717, 1.165) is 6.42 Å². The van der Waals surface area contributed by atoms with E-state index in [4.69, 9.17) is 0 Å². The van der Waals surface area contributed by atoms with Gasteiger partial charge >= 0.3 is 0 Å². The summed E-state index contributed by atoms with van der Waals surface area (Å²) in [6, 6.07) is 6.05. The zero-order valence-corrected chi connectivity index (χ0v) is 22.9. The predicted molar refractivity (Wildman–Crippen MR) is 143 cm³/mol. The monoisotopic (exact) mass is 522 g/mol. The Kier molecular flexibility index (Phi) is 9.46. The Morgan fingerprint density at radius 1 is 1.08 bits per heavy atom. The highest BCUT2D eigenvalue weighted by molar-refractivity contribution is 6.38. The number of rotatable bonds is 11. The quantitative estimate of drug-likeness (QED) is 0.340. The molecule has 0 spiro atoms. The average molecular weight is 523 g/mol. The molecule has 2 aromatic rings. The van der Waals surface area contributed by atoms with Crippen LogP contribution in [0.3, 0.4) is 0 Å². The molecular formula is C29H38N4O5. The van der Waals surface area contributed by atoms with Gasteiger partial charge in [-0.1, -0.05) is 26.0 Å². The number of hydrogen-bond acceptors (Lipinski definition) is 7. The smallest absolute Gasteiger partial charge is 0.290 e. The van der Waals surface area contributed by atoms with Gasteiger partial charge < -0.3 is 10.6 Å². The van der Waals surface area contributed by atoms with Gasteiger partial charge in [-0.3, -0.25) is 29.0 Å². The molecule has 1 saturated carbocycles. The second kappa shape index (κ2) is 12.4. The minimum absolute atomic E-state index is 0.0389. The zero-order valence-electron chi connectivity index (χ0n) is 22.9. The molecule has 1 aromatic carbocycles. The van der Waals surface area contributed by atoms with E-state index in [1.807, 2.05) is 26.0 Å². The minimum Gasteiger partial charge on any atom is -0.345 e. The van der Waals surface area contributed by atoms with Crippen LogP contribution in [0.5, 0.6) is 0 Å². The first-order chi connectivity index (χ1) is 17.8. The standard InChI is InChI=1S/C29H38N4O5/c1-17(2)13-19(15-25(35)23-16-30-20-10-6-7-11-21(20)31-23)27(37)32-22(14-18-9-8-12-24(18)34)26(36)28(38)33-29(3,4)5/h6-7,10-11,16-19,22H,8-9,12-15H2,1-5H3,(H,32,37)(H,33,38)/t18-,19+,22-/m0/s1. The third-order valence-electron chi connectivity index (χ3n) is 6.59. The van der Waals surface area contributed by atoms with E-state index in [9.17, 15) is 24.0 Å². The predicted octanol–water partition coefficient (Wildman–Crippen LogP) is 3.59. The summed E-state index contributed by atoms with van der Waals surface area (Å²) in [4.78, 5) is 73.4. The molecule has 3 rings (SSSR count). The molecule has 1 heterocycles. The number of Topliss-reactive ketones (excluding diaryl/α,β-unsaturated/α-hetero) is 3. The summed E-state index contributed by atoms with van der Waals surface area (Å²) in [5.41, 5.74) is 0.772. The second-order valence-corrected chi connectivity index (χ2v) is 11.6. The maximum atomic E-state index is 13.5. The highest BCUT2D eigenvalue weighted by Crippen LogP contribution is 2.27. The summed E-state index contributed by atoms with van der Waals surface area (Å²) in [6.45, 7) is 9.15. The third-order valence-corrected chi connectivity index (χ3v) is 6.59. The third kappa shape index (κ3) is 8.00. The normalized spacial score (nSPS) is 17.3. The van der Waals surface area contributed by atoms with Crippen LogP contribution in [0, 0.1) is 17.8 Å². The van der Waals surface area contributed by atoms with Crippen LogP contribution < -0.4 is 10.6 Å². The average Bonchev–Trinajstić information content (AvgIpc) is 3.25. The summed E-state index contributed by atoms with van der Waals surface area (Å²) < 4.78 is 0. The van der Waals surface area contributed by atoms with Crippen molar-refractivity contribution in [2.75, 3.05) is 0 Å². The number of nitrogens with one attached hydrogen (secondary N) is 2. The van der Waals surface area contributed by atoms with Crippen LogP contribution in [-0.4, -0.2) is 50.7 Å². The van der Waals surface area contributed by atoms with Crippen LogP contribution in [0.2, 0.25) is 0 Å². The van der Waals surface area contributed by atoms with Crippen molar-refractivity contribution >= 4 is 40.2 Å². The molecule has 38 heavy (non-hydrogen) atoms. The molecule has 0 radical (unpaired) electrons. The van der Waals surface area contributed by atoms with Crippen LogP contribution in [0.25, 0.3) is 11.0 Å². The SMILES string of the molecule is CC(C)C[C@H](CC(=O)c1cnc2ccccc2n1)C(=O)N[C@@H](C[C@@H]1CCCC1=O)C(=O)C(=O)NC(C)(C)C. The molecule has 9 nitrogen and oxygen atoms in total.